The van der Waals surface area contributed by atoms with Crippen LogP contribution in [0.4, 0.5) is 0 Å². The summed E-state index contributed by atoms with van der Waals surface area (Å²) in [6.45, 7) is 0. The summed E-state index contributed by atoms with van der Waals surface area (Å²) in [5.74, 6) is 0.623. The Hall–Kier alpha value is -6.50. The molecule has 10 rings (SSSR count). The summed E-state index contributed by atoms with van der Waals surface area (Å²) in [5, 5.41) is 10.1. The third-order valence-corrected chi connectivity index (χ3v) is 11.0. The van der Waals surface area contributed by atoms with Crippen LogP contribution in [0.3, 0.4) is 0 Å². The molecule has 0 heterocycles. The Labute approximate surface area is 304 Å². The zero-order chi connectivity index (χ0) is 34.4. The third kappa shape index (κ3) is 5.24. The lowest BCUT2D eigenvalue weighted by molar-refractivity contribution is 0.730. The van der Waals surface area contributed by atoms with Gasteiger partial charge in [-0.2, -0.15) is 0 Å². The van der Waals surface area contributed by atoms with Gasteiger partial charge < -0.3 is 0 Å². The van der Waals surface area contributed by atoms with Crippen molar-refractivity contribution in [3.05, 3.63) is 217 Å². The molecule has 52 heavy (non-hydrogen) atoms. The van der Waals surface area contributed by atoms with E-state index in [1.807, 2.05) is 0 Å². The first-order chi connectivity index (χ1) is 25.8. The minimum atomic E-state index is 0.299. The number of hydrogen-bond acceptors (Lipinski definition) is 0. The molecule has 2 atom stereocenters. The zero-order valence-corrected chi connectivity index (χ0v) is 28.8. The Balaban J connectivity index is 1.17. The maximum atomic E-state index is 2.43. The van der Waals surface area contributed by atoms with E-state index in [4.69, 9.17) is 0 Å². The highest BCUT2D eigenvalue weighted by Gasteiger charge is 2.23. The molecule has 0 radical (unpaired) electrons. The summed E-state index contributed by atoms with van der Waals surface area (Å²) >= 11 is 0. The second kappa shape index (κ2) is 12.7. The predicted molar refractivity (Wildman–Crippen MR) is 223 cm³/mol. The molecule has 0 spiro atoms. The van der Waals surface area contributed by atoms with Crippen molar-refractivity contribution < 1.29 is 0 Å². The summed E-state index contributed by atoms with van der Waals surface area (Å²) in [7, 11) is 0. The number of hydrogen-bond donors (Lipinski definition) is 0. The van der Waals surface area contributed by atoms with Gasteiger partial charge >= 0.3 is 0 Å². The van der Waals surface area contributed by atoms with Gasteiger partial charge in [0.1, 0.15) is 0 Å². The van der Waals surface area contributed by atoms with Crippen molar-refractivity contribution in [1.29, 1.82) is 0 Å². The molecule has 0 aliphatic heterocycles. The standard InChI is InChI=1S/C52H36/c1-2-14-38(15-3-1)45-18-8-9-19-46(45)39-26-22-37(23-27-39)42-30-31-49-50(34-42)52(44-29-25-36-13-5-7-17-41(36)33-44)48-21-11-10-20-47(48)51(49)43-28-24-35-12-4-6-16-40(35)32-43/h1-34,45-46H. The topological polar surface area (TPSA) is 0 Å². The molecule has 0 bridgehead atoms. The Kier molecular flexibility index (Phi) is 7.40. The van der Waals surface area contributed by atoms with E-state index in [2.05, 4.69) is 206 Å². The number of allylic oxidation sites excluding steroid dienone is 4. The monoisotopic (exact) mass is 660 g/mol. The quantitative estimate of drug-likeness (QED) is 0.161. The molecule has 244 valence electrons. The lowest BCUT2D eigenvalue weighted by atomic mass is 9.78. The van der Waals surface area contributed by atoms with Crippen LogP contribution in [0.2, 0.25) is 0 Å². The minimum absolute atomic E-state index is 0.299. The van der Waals surface area contributed by atoms with Gasteiger partial charge in [0.2, 0.25) is 0 Å². The van der Waals surface area contributed by atoms with Gasteiger partial charge in [-0.05, 0) is 106 Å². The second-order valence-corrected chi connectivity index (χ2v) is 14.0. The summed E-state index contributed by atoms with van der Waals surface area (Å²) in [5.41, 5.74) is 10.2. The van der Waals surface area contributed by atoms with Crippen molar-refractivity contribution in [2.45, 2.75) is 11.8 Å². The molecule has 1 aliphatic rings. The van der Waals surface area contributed by atoms with Crippen molar-refractivity contribution in [3.63, 3.8) is 0 Å². The maximum absolute atomic E-state index is 2.43. The van der Waals surface area contributed by atoms with Gasteiger partial charge in [-0.3, -0.25) is 0 Å². The first kappa shape index (κ1) is 30.3. The van der Waals surface area contributed by atoms with Crippen molar-refractivity contribution in [2.24, 2.45) is 0 Å². The fourth-order valence-electron chi connectivity index (χ4n) is 8.49. The van der Waals surface area contributed by atoms with Gasteiger partial charge in [0.25, 0.3) is 0 Å². The zero-order valence-electron chi connectivity index (χ0n) is 28.8. The molecular weight excluding hydrogens is 625 g/mol. The van der Waals surface area contributed by atoms with Crippen LogP contribution in [0.25, 0.3) is 76.5 Å². The van der Waals surface area contributed by atoms with Crippen LogP contribution < -0.4 is 0 Å². The average Bonchev–Trinajstić information content (AvgIpc) is 3.22. The van der Waals surface area contributed by atoms with E-state index in [1.54, 1.807) is 0 Å². The summed E-state index contributed by atoms with van der Waals surface area (Å²) in [6, 6.07) is 67.4. The van der Waals surface area contributed by atoms with E-state index in [-0.39, 0.29) is 0 Å². The van der Waals surface area contributed by atoms with Crippen molar-refractivity contribution in [3.8, 4) is 33.4 Å². The Morgan fingerprint density at radius 1 is 0.269 bits per heavy atom. The number of rotatable bonds is 5. The van der Waals surface area contributed by atoms with E-state index < -0.39 is 0 Å². The lowest BCUT2D eigenvalue weighted by Gasteiger charge is -2.25. The molecule has 1 aliphatic carbocycles. The first-order valence-corrected chi connectivity index (χ1v) is 18.3. The Morgan fingerprint density at radius 3 is 1.31 bits per heavy atom. The van der Waals surface area contributed by atoms with E-state index >= 15 is 0 Å². The highest BCUT2D eigenvalue weighted by atomic mass is 14.3. The lowest BCUT2D eigenvalue weighted by Crippen LogP contribution is -2.09. The van der Waals surface area contributed by atoms with Crippen molar-refractivity contribution >= 4 is 43.1 Å². The molecule has 0 saturated carbocycles. The van der Waals surface area contributed by atoms with Crippen LogP contribution >= 0.6 is 0 Å². The van der Waals surface area contributed by atoms with Crippen LogP contribution in [0.15, 0.2) is 206 Å². The van der Waals surface area contributed by atoms with Crippen LogP contribution in [0, 0.1) is 0 Å². The van der Waals surface area contributed by atoms with Crippen molar-refractivity contribution in [2.75, 3.05) is 0 Å². The molecule has 9 aromatic carbocycles. The largest absolute Gasteiger partial charge is 0.0761 e. The molecular formula is C52H36. The molecule has 0 heteroatoms. The van der Waals surface area contributed by atoms with Gasteiger partial charge in [0.15, 0.2) is 0 Å². The second-order valence-electron chi connectivity index (χ2n) is 14.0. The molecule has 0 saturated heterocycles. The normalized spacial score (nSPS) is 15.5. The molecule has 2 unspecified atom stereocenters. The molecule has 0 aromatic heterocycles. The van der Waals surface area contributed by atoms with Gasteiger partial charge in [-0.25, -0.2) is 0 Å². The fourth-order valence-corrected chi connectivity index (χ4v) is 8.49. The van der Waals surface area contributed by atoms with Crippen molar-refractivity contribution in [1.82, 2.24) is 0 Å². The number of fused-ring (bicyclic) bond motifs is 4. The average molecular weight is 661 g/mol. The highest BCUT2D eigenvalue weighted by Crippen LogP contribution is 2.46. The van der Waals surface area contributed by atoms with E-state index in [0.717, 1.165) is 0 Å². The predicted octanol–water partition coefficient (Wildman–Crippen LogP) is 14.3. The molecule has 0 nitrogen and oxygen atoms in total. The van der Waals surface area contributed by atoms with Crippen LogP contribution in [-0.2, 0) is 0 Å². The minimum Gasteiger partial charge on any atom is -0.0761 e. The Bertz CT molecular complexity index is 2840. The molecule has 0 N–H and O–H groups in total. The smallest absolute Gasteiger partial charge is 0.0125 e. The summed E-state index contributed by atoms with van der Waals surface area (Å²) in [6.07, 6.45) is 9.05. The number of benzene rings is 9. The van der Waals surface area contributed by atoms with Gasteiger partial charge in [-0.15, -0.1) is 0 Å². The van der Waals surface area contributed by atoms with Gasteiger partial charge in [0.05, 0.1) is 0 Å². The summed E-state index contributed by atoms with van der Waals surface area (Å²) < 4.78 is 0. The maximum Gasteiger partial charge on any atom is 0.0125 e. The molecule has 0 amide bonds. The SMILES string of the molecule is C1=CC(c2ccccc2)C(c2ccc(-c3ccc4c(-c5ccc6ccccc6c5)c5ccccc5c(-c5ccc6ccccc6c5)c4c3)cc2)C=C1. The third-order valence-electron chi connectivity index (χ3n) is 11.0. The van der Waals surface area contributed by atoms with Gasteiger partial charge in [-0.1, -0.05) is 188 Å². The van der Waals surface area contributed by atoms with Crippen LogP contribution in [0.5, 0.6) is 0 Å². The fraction of sp³-hybridized carbons (Fsp3) is 0.0385. The van der Waals surface area contributed by atoms with E-state index in [0.29, 0.717) is 11.8 Å². The van der Waals surface area contributed by atoms with E-state index in [9.17, 15) is 0 Å². The highest BCUT2D eigenvalue weighted by molar-refractivity contribution is 6.22. The van der Waals surface area contributed by atoms with Gasteiger partial charge in [0, 0.05) is 11.8 Å². The Morgan fingerprint density at radius 2 is 0.712 bits per heavy atom. The molecule has 9 aromatic rings. The van der Waals surface area contributed by atoms with E-state index in [1.165, 1.54) is 87.6 Å². The van der Waals surface area contributed by atoms with Crippen LogP contribution in [-0.4, -0.2) is 0 Å². The molecule has 0 fully saturated rings. The summed E-state index contributed by atoms with van der Waals surface area (Å²) in [4.78, 5) is 0. The first-order valence-electron chi connectivity index (χ1n) is 18.3. The van der Waals surface area contributed by atoms with Crippen LogP contribution in [0.1, 0.15) is 23.0 Å².